The summed E-state index contributed by atoms with van der Waals surface area (Å²) in [5.74, 6) is 1.61. The van der Waals surface area contributed by atoms with Crippen molar-refractivity contribution in [1.29, 1.82) is 0 Å². The van der Waals surface area contributed by atoms with E-state index >= 15 is 0 Å². The van der Waals surface area contributed by atoms with Crippen LogP contribution in [0.2, 0.25) is 0 Å². The summed E-state index contributed by atoms with van der Waals surface area (Å²) in [4.78, 5) is 10.9. The fraction of sp³-hybridized carbons (Fsp3) is 0.714. The van der Waals surface area contributed by atoms with E-state index in [1.54, 1.807) is 6.33 Å². The van der Waals surface area contributed by atoms with Gasteiger partial charge in [-0.1, -0.05) is 13.8 Å². The van der Waals surface area contributed by atoms with Crippen LogP contribution < -0.4 is 15.4 Å². The molecule has 0 aromatic carbocycles. The Morgan fingerprint density at radius 3 is 2.47 bits per heavy atom. The lowest BCUT2D eigenvalue weighted by Crippen LogP contribution is -2.39. The van der Waals surface area contributed by atoms with Gasteiger partial charge in [-0.15, -0.1) is 0 Å². The van der Waals surface area contributed by atoms with E-state index in [4.69, 9.17) is 10.5 Å². The van der Waals surface area contributed by atoms with Gasteiger partial charge in [0, 0.05) is 19.1 Å². The van der Waals surface area contributed by atoms with Gasteiger partial charge < -0.3 is 15.4 Å². The van der Waals surface area contributed by atoms with Crippen molar-refractivity contribution in [2.24, 2.45) is 5.73 Å². The van der Waals surface area contributed by atoms with E-state index < -0.39 is 0 Å². The Kier molecular flexibility index (Phi) is 6.56. The van der Waals surface area contributed by atoms with Crippen LogP contribution in [0.1, 0.15) is 39.2 Å². The predicted octanol–water partition coefficient (Wildman–Crippen LogP) is 2.14. The zero-order valence-corrected chi connectivity index (χ0v) is 12.5. The van der Waals surface area contributed by atoms with E-state index in [9.17, 15) is 0 Å². The zero-order chi connectivity index (χ0) is 14.3. The summed E-state index contributed by atoms with van der Waals surface area (Å²) in [5.41, 5.74) is 6.73. The molecule has 0 aliphatic carbocycles. The number of hydrogen-bond donors (Lipinski definition) is 1. The third-order valence-corrected chi connectivity index (χ3v) is 3.32. The molecule has 1 aromatic heterocycles. The lowest BCUT2D eigenvalue weighted by Gasteiger charge is -2.32. The molecule has 0 aliphatic heterocycles. The number of rotatable bonds is 8. The highest BCUT2D eigenvalue weighted by Crippen LogP contribution is 2.26. The summed E-state index contributed by atoms with van der Waals surface area (Å²) in [5, 5.41) is 0. The van der Waals surface area contributed by atoms with Gasteiger partial charge in [0.15, 0.2) is 0 Å². The normalized spacial score (nSPS) is 10.8. The SMILES string of the molecule is CCOc1ncnc(N(CCN)C(CC)CC)c1C. The topological polar surface area (TPSA) is 64.3 Å². The standard InChI is InChI=1S/C14H26N4O/c1-5-12(6-2)18(9-8-15)13-11(4)14(19-7-3)17-10-16-13/h10,12H,5-9,15H2,1-4H3. The summed E-state index contributed by atoms with van der Waals surface area (Å²) < 4.78 is 5.54. The first kappa shape index (κ1) is 15.7. The van der Waals surface area contributed by atoms with Gasteiger partial charge in [0.25, 0.3) is 0 Å². The quantitative estimate of drug-likeness (QED) is 0.781. The van der Waals surface area contributed by atoms with Crippen LogP contribution in [0.15, 0.2) is 6.33 Å². The molecule has 0 atom stereocenters. The molecule has 0 bridgehead atoms. The molecule has 1 rings (SSSR count). The second-order valence-corrected chi connectivity index (χ2v) is 4.51. The second-order valence-electron chi connectivity index (χ2n) is 4.51. The fourth-order valence-corrected chi connectivity index (χ4v) is 2.33. The summed E-state index contributed by atoms with van der Waals surface area (Å²) in [6.45, 7) is 10.4. The Bertz CT molecular complexity index is 380. The molecule has 0 spiro atoms. The van der Waals surface area contributed by atoms with Crippen LogP contribution in [0.3, 0.4) is 0 Å². The molecule has 0 saturated carbocycles. The predicted molar refractivity (Wildman–Crippen MR) is 78.7 cm³/mol. The minimum Gasteiger partial charge on any atom is -0.478 e. The molecule has 1 aromatic rings. The molecule has 2 N–H and O–H groups in total. The maximum Gasteiger partial charge on any atom is 0.221 e. The monoisotopic (exact) mass is 266 g/mol. The first-order valence-corrected chi connectivity index (χ1v) is 7.10. The minimum absolute atomic E-state index is 0.451. The average molecular weight is 266 g/mol. The molecule has 5 nitrogen and oxygen atoms in total. The fourth-order valence-electron chi connectivity index (χ4n) is 2.33. The van der Waals surface area contributed by atoms with Crippen molar-refractivity contribution in [3.8, 4) is 5.88 Å². The summed E-state index contributed by atoms with van der Waals surface area (Å²) in [7, 11) is 0. The number of nitrogens with zero attached hydrogens (tertiary/aromatic N) is 3. The van der Waals surface area contributed by atoms with Gasteiger partial charge >= 0.3 is 0 Å². The van der Waals surface area contributed by atoms with Gasteiger partial charge in [0.1, 0.15) is 12.1 Å². The number of hydrogen-bond acceptors (Lipinski definition) is 5. The van der Waals surface area contributed by atoms with E-state index in [-0.39, 0.29) is 0 Å². The van der Waals surface area contributed by atoms with Crippen LogP contribution in [0.4, 0.5) is 5.82 Å². The number of ether oxygens (including phenoxy) is 1. The molecule has 0 amide bonds. The molecule has 1 heterocycles. The van der Waals surface area contributed by atoms with Crippen LogP contribution in [0, 0.1) is 6.92 Å². The highest BCUT2D eigenvalue weighted by Gasteiger charge is 2.20. The summed E-state index contributed by atoms with van der Waals surface area (Å²) in [6, 6.07) is 0.451. The molecule has 0 aliphatic rings. The van der Waals surface area contributed by atoms with Crippen molar-refractivity contribution in [2.45, 2.75) is 46.6 Å². The summed E-state index contributed by atoms with van der Waals surface area (Å²) >= 11 is 0. The second kappa shape index (κ2) is 7.94. The van der Waals surface area contributed by atoms with Crippen molar-refractivity contribution < 1.29 is 4.74 Å². The van der Waals surface area contributed by atoms with Crippen molar-refractivity contribution in [1.82, 2.24) is 9.97 Å². The lowest BCUT2D eigenvalue weighted by atomic mass is 10.1. The van der Waals surface area contributed by atoms with Crippen LogP contribution in [0.25, 0.3) is 0 Å². The molecule has 0 unspecified atom stereocenters. The van der Waals surface area contributed by atoms with Crippen LogP contribution in [0.5, 0.6) is 5.88 Å². The number of anilines is 1. The van der Waals surface area contributed by atoms with E-state index in [1.807, 2.05) is 13.8 Å². The molecule has 0 fully saturated rings. The van der Waals surface area contributed by atoms with Crippen LogP contribution in [-0.2, 0) is 0 Å². The van der Waals surface area contributed by atoms with Crippen molar-refractivity contribution in [3.63, 3.8) is 0 Å². The Morgan fingerprint density at radius 1 is 1.26 bits per heavy atom. The van der Waals surface area contributed by atoms with E-state index in [1.165, 1.54) is 0 Å². The zero-order valence-electron chi connectivity index (χ0n) is 12.5. The minimum atomic E-state index is 0.451. The Hall–Kier alpha value is -1.36. The van der Waals surface area contributed by atoms with Crippen LogP contribution in [-0.4, -0.2) is 35.7 Å². The maximum atomic E-state index is 5.74. The molecule has 5 heteroatoms. The van der Waals surface area contributed by atoms with Gasteiger partial charge in [-0.05, 0) is 26.7 Å². The average Bonchev–Trinajstić information content (AvgIpc) is 2.42. The highest BCUT2D eigenvalue weighted by molar-refractivity contribution is 5.51. The summed E-state index contributed by atoms with van der Waals surface area (Å²) in [6.07, 6.45) is 3.72. The Labute approximate surface area is 116 Å². The van der Waals surface area contributed by atoms with E-state index in [0.29, 0.717) is 25.1 Å². The molecular weight excluding hydrogens is 240 g/mol. The van der Waals surface area contributed by atoms with Gasteiger partial charge in [-0.3, -0.25) is 0 Å². The third-order valence-electron chi connectivity index (χ3n) is 3.32. The molecular formula is C14H26N4O. The smallest absolute Gasteiger partial charge is 0.221 e. The van der Waals surface area contributed by atoms with Crippen molar-refractivity contribution in [3.05, 3.63) is 11.9 Å². The van der Waals surface area contributed by atoms with Crippen molar-refractivity contribution in [2.75, 3.05) is 24.6 Å². The lowest BCUT2D eigenvalue weighted by molar-refractivity contribution is 0.323. The van der Waals surface area contributed by atoms with Gasteiger partial charge in [0.2, 0.25) is 5.88 Å². The Balaban J connectivity index is 3.11. The first-order valence-electron chi connectivity index (χ1n) is 7.10. The van der Waals surface area contributed by atoms with Gasteiger partial charge in [-0.2, -0.15) is 0 Å². The van der Waals surface area contributed by atoms with Gasteiger partial charge in [-0.25, -0.2) is 9.97 Å². The largest absolute Gasteiger partial charge is 0.478 e. The van der Waals surface area contributed by atoms with E-state index in [0.717, 1.165) is 30.8 Å². The van der Waals surface area contributed by atoms with Gasteiger partial charge in [0.05, 0.1) is 12.2 Å². The first-order chi connectivity index (χ1) is 9.19. The van der Waals surface area contributed by atoms with Crippen LogP contribution >= 0.6 is 0 Å². The third kappa shape index (κ3) is 3.80. The van der Waals surface area contributed by atoms with E-state index in [2.05, 4.69) is 28.7 Å². The molecule has 0 radical (unpaired) electrons. The molecule has 19 heavy (non-hydrogen) atoms. The van der Waals surface area contributed by atoms with Crippen molar-refractivity contribution >= 4 is 5.82 Å². The maximum absolute atomic E-state index is 5.74. The molecule has 108 valence electrons. The Morgan fingerprint density at radius 2 is 1.95 bits per heavy atom. The number of aromatic nitrogens is 2. The molecule has 0 saturated heterocycles. The number of nitrogens with two attached hydrogens (primary N) is 1. The highest BCUT2D eigenvalue weighted by atomic mass is 16.5.